The Hall–Kier alpha value is -0.370. The maximum absolute atomic E-state index is 9.68. The summed E-state index contributed by atoms with van der Waals surface area (Å²) in [5.41, 5.74) is -0.114. The second kappa shape index (κ2) is 1.92. The standard InChI is InChI=1S/C3H4ClNO/c1-2(5)3(4)6/h5H,1H3. The van der Waals surface area contributed by atoms with Crippen molar-refractivity contribution in [3.63, 3.8) is 0 Å². The van der Waals surface area contributed by atoms with Crippen molar-refractivity contribution in [2.24, 2.45) is 0 Å². The lowest BCUT2D eigenvalue weighted by Gasteiger charge is -1.75. The van der Waals surface area contributed by atoms with Crippen molar-refractivity contribution in [3.05, 3.63) is 0 Å². The molecular weight excluding hydrogens is 101 g/mol. The van der Waals surface area contributed by atoms with E-state index in [0.29, 0.717) is 0 Å². The summed E-state index contributed by atoms with van der Waals surface area (Å²) in [6.45, 7) is 1.34. The second-order valence-electron chi connectivity index (χ2n) is 0.899. The van der Waals surface area contributed by atoms with Crippen LogP contribution in [-0.4, -0.2) is 11.0 Å². The van der Waals surface area contributed by atoms with Crippen LogP contribution in [0.5, 0.6) is 0 Å². The molecule has 0 aromatic heterocycles. The zero-order valence-corrected chi connectivity index (χ0v) is 4.04. The zero-order chi connectivity index (χ0) is 5.15. The summed E-state index contributed by atoms with van der Waals surface area (Å²) in [6.07, 6.45) is 0. The van der Waals surface area contributed by atoms with Crippen LogP contribution in [-0.2, 0) is 4.79 Å². The van der Waals surface area contributed by atoms with Gasteiger partial charge in [0.1, 0.15) is 0 Å². The molecule has 0 saturated heterocycles. The van der Waals surface area contributed by atoms with Crippen molar-refractivity contribution in [1.29, 1.82) is 5.41 Å². The van der Waals surface area contributed by atoms with E-state index in [1.165, 1.54) is 6.92 Å². The van der Waals surface area contributed by atoms with Crippen LogP contribution in [0.3, 0.4) is 0 Å². The molecule has 0 fully saturated rings. The molecule has 0 unspecified atom stereocenters. The van der Waals surface area contributed by atoms with Gasteiger partial charge in [-0.1, -0.05) is 0 Å². The summed E-state index contributed by atoms with van der Waals surface area (Å²) < 4.78 is 0. The normalized spacial score (nSPS) is 7.67. The molecule has 0 rings (SSSR count). The van der Waals surface area contributed by atoms with E-state index < -0.39 is 5.24 Å². The predicted molar refractivity (Wildman–Crippen MR) is 24.3 cm³/mol. The first kappa shape index (κ1) is 5.63. The largest absolute Gasteiger partial charge is 0.301 e. The van der Waals surface area contributed by atoms with Gasteiger partial charge in [0.25, 0.3) is 5.24 Å². The van der Waals surface area contributed by atoms with Crippen LogP contribution >= 0.6 is 11.6 Å². The first-order valence-electron chi connectivity index (χ1n) is 1.39. The molecule has 0 aromatic rings. The minimum atomic E-state index is -0.685. The summed E-state index contributed by atoms with van der Waals surface area (Å²) in [4.78, 5) is 9.68. The third-order valence-electron chi connectivity index (χ3n) is 0.295. The molecule has 0 saturated carbocycles. The van der Waals surface area contributed by atoms with Crippen LogP contribution in [0.4, 0.5) is 0 Å². The Morgan fingerprint density at radius 1 is 1.83 bits per heavy atom. The van der Waals surface area contributed by atoms with Crippen molar-refractivity contribution in [2.45, 2.75) is 6.92 Å². The van der Waals surface area contributed by atoms with Crippen LogP contribution in [0.15, 0.2) is 0 Å². The molecule has 2 nitrogen and oxygen atoms in total. The highest BCUT2D eigenvalue weighted by Crippen LogP contribution is 1.78. The van der Waals surface area contributed by atoms with Gasteiger partial charge in [-0.2, -0.15) is 0 Å². The smallest absolute Gasteiger partial charge is 0.265 e. The molecule has 0 atom stereocenters. The van der Waals surface area contributed by atoms with Crippen LogP contribution < -0.4 is 0 Å². The van der Waals surface area contributed by atoms with Gasteiger partial charge in [0, 0.05) is 0 Å². The molecule has 0 aromatic carbocycles. The van der Waals surface area contributed by atoms with Crippen molar-refractivity contribution in [3.8, 4) is 0 Å². The molecule has 0 amide bonds. The Kier molecular flexibility index (Phi) is 1.81. The van der Waals surface area contributed by atoms with Crippen molar-refractivity contribution in [2.75, 3.05) is 0 Å². The lowest BCUT2D eigenvalue weighted by atomic mass is 10.5. The minimum absolute atomic E-state index is 0.114. The van der Waals surface area contributed by atoms with Crippen LogP contribution in [0.2, 0.25) is 0 Å². The highest BCUT2D eigenvalue weighted by molar-refractivity contribution is 6.81. The molecule has 6 heavy (non-hydrogen) atoms. The zero-order valence-electron chi connectivity index (χ0n) is 3.29. The molecular formula is C3H4ClNO. The lowest BCUT2D eigenvalue weighted by molar-refractivity contribution is -0.106. The summed E-state index contributed by atoms with van der Waals surface area (Å²) in [5.74, 6) is 0. The molecule has 0 spiro atoms. The fraction of sp³-hybridized carbons (Fsp3) is 0.333. The maximum atomic E-state index is 9.68. The van der Waals surface area contributed by atoms with Gasteiger partial charge in [-0.15, -0.1) is 0 Å². The summed E-state index contributed by atoms with van der Waals surface area (Å²) in [5, 5.41) is 5.78. The number of hydrogen-bond acceptors (Lipinski definition) is 2. The Balaban J connectivity index is 3.57. The monoisotopic (exact) mass is 105 g/mol. The van der Waals surface area contributed by atoms with Crippen LogP contribution in [0.1, 0.15) is 6.92 Å². The molecule has 1 N–H and O–H groups in total. The molecule has 3 heteroatoms. The van der Waals surface area contributed by atoms with Gasteiger partial charge < -0.3 is 5.41 Å². The summed E-state index contributed by atoms with van der Waals surface area (Å²) in [7, 11) is 0. The molecule has 0 radical (unpaired) electrons. The van der Waals surface area contributed by atoms with E-state index in [9.17, 15) is 4.79 Å². The van der Waals surface area contributed by atoms with E-state index in [0.717, 1.165) is 0 Å². The Labute approximate surface area is 40.6 Å². The maximum Gasteiger partial charge on any atom is 0.265 e. The highest BCUT2D eigenvalue weighted by Gasteiger charge is 1.92. The molecule has 0 aliphatic rings. The average Bonchev–Trinajstić information content (AvgIpc) is 1.36. The number of rotatable bonds is 1. The fourth-order valence-corrected chi connectivity index (χ4v) is 0. The molecule has 0 bridgehead atoms. The van der Waals surface area contributed by atoms with Gasteiger partial charge in [0.05, 0.1) is 5.71 Å². The van der Waals surface area contributed by atoms with Crippen molar-refractivity contribution < 1.29 is 4.79 Å². The van der Waals surface area contributed by atoms with E-state index >= 15 is 0 Å². The Morgan fingerprint density at radius 3 is 2.00 bits per heavy atom. The van der Waals surface area contributed by atoms with Crippen LogP contribution in [0, 0.1) is 5.41 Å². The van der Waals surface area contributed by atoms with Gasteiger partial charge in [-0.25, -0.2) is 0 Å². The summed E-state index contributed by atoms with van der Waals surface area (Å²) >= 11 is 4.75. The third-order valence-corrected chi connectivity index (χ3v) is 0.578. The molecule has 34 valence electrons. The molecule has 0 heterocycles. The third kappa shape index (κ3) is 1.91. The second-order valence-corrected chi connectivity index (χ2v) is 1.24. The topological polar surface area (TPSA) is 40.9 Å². The lowest BCUT2D eigenvalue weighted by Crippen LogP contribution is -1.96. The van der Waals surface area contributed by atoms with Crippen LogP contribution in [0.25, 0.3) is 0 Å². The van der Waals surface area contributed by atoms with Gasteiger partial charge >= 0.3 is 0 Å². The Bertz CT molecular complexity index is 76.8. The van der Waals surface area contributed by atoms with E-state index in [1.807, 2.05) is 0 Å². The minimum Gasteiger partial charge on any atom is -0.301 e. The quantitative estimate of drug-likeness (QED) is 0.389. The number of nitrogens with one attached hydrogen (secondary N) is 1. The number of carbonyl (C=O) groups excluding carboxylic acids is 1. The molecule has 0 aliphatic heterocycles. The number of hydrogen-bond donors (Lipinski definition) is 1. The van der Waals surface area contributed by atoms with E-state index in [4.69, 9.17) is 17.0 Å². The van der Waals surface area contributed by atoms with Crippen molar-refractivity contribution in [1.82, 2.24) is 0 Å². The molecule has 0 aliphatic carbocycles. The fourth-order valence-electron chi connectivity index (χ4n) is 0. The van der Waals surface area contributed by atoms with Gasteiger partial charge in [0.15, 0.2) is 0 Å². The van der Waals surface area contributed by atoms with Gasteiger partial charge in [-0.3, -0.25) is 4.79 Å². The first-order valence-corrected chi connectivity index (χ1v) is 1.77. The summed E-state index contributed by atoms with van der Waals surface area (Å²) in [6, 6.07) is 0. The number of carbonyl (C=O) groups is 1. The van der Waals surface area contributed by atoms with E-state index in [-0.39, 0.29) is 5.71 Å². The van der Waals surface area contributed by atoms with Gasteiger partial charge in [-0.05, 0) is 18.5 Å². The number of halogens is 1. The first-order chi connectivity index (χ1) is 2.64. The van der Waals surface area contributed by atoms with E-state index in [1.54, 1.807) is 0 Å². The van der Waals surface area contributed by atoms with Crippen molar-refractivity contribution >= 4 is 22.6 Å². The SMILES string of the molecule is CC(=N)C(=O)Cl. The highest BCUT2D eigenvalue weighted by atomic mass is 35.5. The predicted octanol–water partition coefficient (Wildman–Crippen LogP) is 0.791. The average molecular weight is 106 g/mol. The Morgan fingerprint density at radius 2 is 2.00 bits per heavy atom. The van der Waals surface area contributed by atoms with E-state index in [2.05, 4.69) is 0 Å². The van der Waals surface area contributed by atoms with Gasteiger partial charge in [0.2, 0.25) is 0 Å².